The quantitative estimate of drug-likeness (QED) is 0.514. The average Bonchev–Trinajstić information content (AvgIpc) is 2.71. The second-order valence-corrected chi connectivity index (χ2v) is 8.56. The zero-order valence-corrected chi connectivity index (χ0v) is 16.2. The highest BCUT2D eigenvalue weighted by Gasteiger charge is 2.28. The first-order chi connectivity index (χ1) is 12.8. The first kappa shape index (κ1) is 17.6. The van der Waals surface area contributed by atoms with Crippen molar-refractivity contribution in [3.8, 4) is 0 Å². The van der Waals surface area contributed by atoms with Gasteiger partial charge in [-0.05, 0) is 92.7 Å². The van der Waals surface area contributed by atoms with Crippen LogP contribution in [0.25, 0.3) is 0 Å². The lowest BCUT2D eigenvalue weighted by molar-refractivity contribution is 0.219. The van der Waals surface area contributed by atoms with Crippen LogP contribution in [0.4, 0.5) is 0 Å². The van der Waals surface area contributed by atoms with E-state index in [4.69, 9.17) is 0 Å². The molecule has 0 bridgehead atoms. The number of allylic oxidation sites excluding steroid dienone is 2. The van der Waals surface area contributed by atoms with Crippen LogP contribution >= 0.6 is 0 Å². The van der Waals surface area contributed by atoms with Gasteiger partial charge in [-0.2, -0.15) is 0 Å². The van der Waals surface area contributed by atoms with Crippen molar-refractivity contribution in [1.29, 1.82) is 0 Å². The SMILES string of the molecule is Cc1ccc(Cc2ccc(C3CCC(C4CC=CCC4)CC3)cc2)cc1. The van der Waals surface area contributed by atoms with Gasteiger partial charge in [0.15, 0.2) is 0 Å². The van der Waals surface area contributed by atoms with Crippen LogP contribution in [0.1, 0.15) is 73.1 Å². The maximum atomic E-state index is 2.42. The molecule has 1 saturated carbocycles. The summed E-state index contributed by atoms with van der Waals surface area (Å²) in [6.45, 7) is 2.15. The van der Waals surface area contributed by atoms with Crippen molar-refractivity contribution in [2.75, 3.05) is 0 Å². The van der Waals surface area contributed by atoms with Crippen LogP contribution < -0.4 is 0 Å². The fourth-order valence-corrected chi connectivity index (χ4v) is 5.02. The maximum Gasteiger partial charge on any atom is -0.00258 e. The van der Waals surface area contributed by atoms with Crippen molar-refractivity contribution < 1.29 is 0 Å². The lowest BCUT2D eigenvalue weighted by atomic mass is 9.71. The van der Waals surface area contributed by atoms with Crippen LogP contribution in [0.5, 0.6) is 0 Å². The van der Waals surface area contributed by atoms with Crippen molar-refractivity contribution >= 4 is 0 Å². The van der Waals surface area contributed by atoms with Gasteiger partial charge in [0.1, 0.15) is 0 Å². The maximum absolute atomic E-state index is 2.42. The lowest BCUT2D eigenvalue weighted by Crippen LogP contribution is -2.21. The summed E-state index contributed by atoms with van der Waals surface area (Å²) in [4.78, 5) is 0. The van der Waals surface area contributed by atoms with E-state index in [0.717, 1.165) is 24.2 Å². The monoisotopic (exact) mass is 344 g/mol. The molecule has 0 N–H and O–H groups in total. The minimum atomic E-state index is 0.791. The zero-order chi connectivity index (χ0) is 17.8. The molecule has 1 unspecified atom stereocenters. The first-order valence-electron chi connectivity index (χ1n) is 10.6. The van der Waals surface area contributed by atoms with Gasteiger partial charge in [-0.25, -0.2) is 0 Å². The molecule has 0 saturated heterocycles. The van der Waals surface area contributed by atoms with Gasteiger partial charge in [0.25, 0.3) is 0 Å². The molecule has 2 aromatic carbocycles. The molecule has 0 heteroatoms. The summed E-state index contributed by atoms with van der Waals surface area (Å²) in [6, 6.07) is 18.4. The number of hydrogen-bond donors (Lipinski definition) is 0. The van der Waals surface area contributed by atoms with Crippen molar-refractivity contribution in [3.05, 3.63) is 82.9 Å². The molecule has 2 aliphatic carbocycles. The molecule has 0 nitrogen and oxygen atoms in total. The topological polar surface area (TPSA) is 0 Å². The van der Waals surface area contributed by atoms with Crippen LogP contribution in [0.15, 0.2) is 60.7 Å². The predicted octanol–water partition coefficient (Wildman–Crippen LogP) is 7.22. The van der Waals surface area contributed by atoms with Crippen LogP contribution in [0.3, 0.4) is 0 Å². The van der Waals surface area contributed by atoms with Crippen LogP contribution in [-0.2, 0) is 6.42 Å². The summed E-state index contributed by atoms with van der Waals surface area (Å²) in [5.74, 6) is 2.74. The van der Waals surface area contributed by atoms with Gasteiger partial charge < -0.3 is 0 Å². The summed E-state index contributed by atoms with van der Waals surface area (Å²) < 4.78 is 0. The predicted molar refractivity (Wildman–Crippen MR) is 112 cm³/mol. The van der Waals surface area contributed by atoms with E-state index >= 15 is 0 Å². The molecule has 2 aromatic rings. The van der Waals surface area contributed by atoms with Crippen molar-refractivity contribution in [3.63, 3.8) is 0 Å². The summed E-state index contributed by atoms with van der Waals surface area (Å²) in [6.07, 6.45) is 15.6. The number of aryl methyl sites for hydroxylation is 1. The largest absolute Gasteiger partial charge is 0.0885 e. The molecule has 136 valence electrons. The van der Waals surface area contributed by atoms with Crippen molar-refractivity contribution in [1.82, 2.24) is 0 Å². The molecule has 0 amide bonds. The highest BCUT2D eigenvalue weighted by molar-refractivity contribution is 5.31. The van der Waals surface area contributed by atoms with Gasteiger partial charge >= 0.3 is 0 Å². The van der Waals surface area contributed by atoms with E-state index < -0.39 is 0 Å². The van der Waals surface area contributed by atoms with E-state index in [1.807, 2.05) is 0 Å². The fourth-order valence-electron chi connectivity index (χ4n) is 5.02. The minimum absolute atomic E-state index is 0.791. The normalized spacial score (nSPS) is 26.0. The Bertz CT molecular complexity index is 712. The Morgan fingerprint density at radius 1 is 0.692 bits per heavy atom. The molecule has 0 heterocycles. The van der Waals surface area contributed by atoms with Gasteiger partial charge in [-0.1, -0.05) is 66.2 Å². The molecule has 0 radical (unpaired) electrons. The fraction of sp³-hybridized carbons (Fsp3) is 0.462. The molecule has 0 spiro atoms. The van der Waals surface area contributed by atoms with E-state index in [0.29, 0.717) is 0 Å². The van der Waals surface area contributed by atoms with E-state index in [-0.39, 0.29) is 0 Å². The van der Waals surface area contributed by atoms with Crippen LogP contribution in [-0.4, -0.2) is 0 Å². The first-order valence-corrected chi connectivity index (χ1v) is 10.6. The zero-order valence-electron chi connectivity index (χ0n) is 16.2. The van der Waals surface area contributed by atoms with Gasteiger partial charge in [0, 0.05) is 0 Å². The Morgan fingerprint density at radius 3 is 1.96 bits per heavy atom. The van der Waals surface area contributed by atoms with E-state index in [1.54, 1.807) is 5.56 Å². The highest BCUT2D eigenvalue weighted by Crippen LogP contribution is 2.41. The Labute approximate surface area is 159 Å². The third kappa shape index (κ3) is 4.29. The Balaban J connectivity index is 1.32. The summed E-state index contributed by atoms with van der Waals surface area (Å²) in [5, 5.41) is 0. The number of rotatable bonds is 4. The Morgan fingerprint density at radius 2 is 1.35 bits per heavy atom. The van der Waals surface area contributed by atoms with Gasteiger partial charge in [-0.3, -0.25) is 0 Å². The molecular formula is C26H32. The summed E-state index contributed by atoms with van der Waals surface area (Å²) in [5.41, 5.74) is 5.74. The Kier molecular flexibility index (Phi) is 5.58. The average molecular weight is 345 g/mol. The van der Waals surface area contributed by atoms with Gasteiger partial charge in [-0.15, -0.1) is 0 Å². The smallest absolute Gasteiger partial charge is 0.00258 e. The number of hydrogen-bond acceptors (Lipinski definition) is 0. The standard InChI is InChI=1S/C26H32/c1-20-7-9-21(10-8-20)19-22-11-13-24(14-12-22)26-17-15-25(16-18-26)23-5-3-2-4-6-23/h2-3,7-14,23,25-26H,4-6,15-19H2,1H3. The summed E-state index contributed by atoms with van der Waals surface area (Å²) in [7, 11) is 0. The molecule has 1 fully saturated rings. The molecule has 0 aliphatic heterocycles. The molecule has 4 rings (SSSR count). The Hall–Kier alpha value is -1.82. The van der Waals surface area contributed by atoms with Gasteiger partial charge in [0.05, 0.1) is 0 Å². The van der Waals surface area contributed by atoms with Crippen LogP contribution in [0, 0.1) is 18.8 Å². The minimum Gasteiger partial charge on any atom is -0.0885 e. The third-order valence-electron chi connectivity index (χ3n) is 6.73. The second kappa shape index (κ2) is 8.25. The third-order valence-corrected chi connectivity index (χ3v) is 6.73. The molecule has 1 atom stereocenters. The van der Waals surface area contributed by atoms with Gasteiger partial charge in [0.2, 0.25) is 0 Å². The lowest BCUT2D eigenvalue weighted by Gasteiger charge is -2.34. The van der Waals surface area contributed by atoms with Crippen molar-refractivity contribution in [2.24, 2.45) is 11.8 Å². The second-order valence-electron chi connectivity index (χ2n) is 8.56. The molecule has 26 heavy (non-hydrogen) atoms. The van der Waals surface area contributed by atoms with E-state index in [9.17, 15) is 0 Å². The van der Waals surface area contributed by atoms with E-state index in [1.165, 1.54) is 61.6 Å². The molecular weight excluding hydrogens is 312 g/mol. The summed E-state index contributed by atoms with van der Waals surface area (Å²) >= 11 is 0. The van der Waals surface area contributed by atoms with Crippen molar-refractivity contribution in [2.45, 2.75) is 64.2 Å². The van der Waals surface area contributed by atoms with E-state index in [2.05, 4.69) is 67.6 Å². The molecule has 0 aromatic heterocycles. The van der Waals surface area contributed by atoms with Crippen LogP contribution in [0.2, 0.25) is 0 Å². The number of benzene rings is 2. The highest BCUT2D eigenvalue weighted by atomic mass is 14.3. The molecule has 2 aliphatic rings.